The summed E-state index contributed by atoms with van der Waals surface area (Å²) in [5, 5.41) is -0.375. The highest BCUT2D eigenvalue weighted by molar-refractivity contribution is 6.28. The van der Waals surface area contributed by atoms with Crippen LogP contribution in [0.25, 0.3) is 11.0 Å². The standard InChI is InChI=1S/C9H7ClF3N3O/c1-2-17-7-5-4(9(11,12)13)3-14-6(5)15-8(10)16-7/h3H,2H2,1H3,(H,14,15,16). The van der Waals surface area contributed by atoms with Gasteiger partial charge in [-0.2, -0.15) is 23.1 Å². The molecule has 92 valence electrons. The molecule has 2 heterocycles. The number of nitrogens with one attached hydrogen (secondary N) is 1. The van der Waals surface area contributed by atoms with E-state index in [4.69, 9.17) is 16.3 Å². The van der Waals surface area contributed by atoms with Crippen LogP contribution in [0.3, 0.4) is 0 Å². The minimum atomic E-state index is -4.50. The van der Waals surface area contributed by atoms with Gasteiger partial charge < -0.3 is 9.72 Å². The lowest BCUT2D eigenvalue weighted by Crippen LogP contribution is -2.05. The first-order valence-corrected chi connectivity index (χ1v) is 5.06. The highest BCUT2D eigenvalue weighted by Gasteiger charge is 2.35. The van der Waals surface area contributed by atoms with Crippen molar-refractivity contribution in [3.63, 3.8) is 0 Å². The molecule has 0 unspecified atom stereocenters. The van der Waals surface area contributed by atoms with Crippen molar-refractivity contribution in [2.45, 2.75) is 13.1 Å². The maximum absolute atomic E-state index is 12.7. The van der Waals surface area contributed by atoms with Crippen molar-refractivity contribution < 1.29 is 17.9 Å². The smallest absolute Gasteiger partial charge is 0.418 e. The Kier molecular flexibility index (Phi) is 2.86. The van der Waals surface area contributed by atoms with E-state index in [0.717, 1.165) is 6.20 Å². The van der Waals surface area contributed by atoms with Gasteiger partial charge in [-0.15, -0.1) is 0 Å². The van der Waals surface area contributed by atoms with E-state index in [1.807, 2.05) is 0 Å². The average Bonchev–Trinajstić information content (AvgIpc) is 2.60. The first-order valence-electron chi connectivity index (χ1n) is 4.68. The van der Waals surface area contributed by atoms with Gasteiger partial charge in [0.2, 0.25) is 11.2 Å². The first kappa shape index (κ1) is 12.0. The zero-order valence-electron chi connectivity index (χ0n) is 8.60. The second kappa shape index (κ2) is 4.06. The van der Waals surface area contributed by atoms with Crippen molar-refractivity contribution >= 4 is 22.6 Å². The van der Waals surface area contributed by atoms with E-state index >= 15 is 0 Å². The molecule has 0 saturated carbocycles. The molecule has 0 aliphatic heterocycles. The highest BCUT2D eigenvalue weighted by atomic mass is 35.5. The maximum Gasteiger partial charge on any atom is 0.418 e. The fraction of sp³-hybridized carbons (Fsp3) is 0.333. The molecule has 0 bridgehead atoms. The minimum Gasteiger partial charge on any atom is -0.477 e. The highest BCUT2D eigenvalue weighted by Crippen LogP contribution is 2.38. The number of alkyl halides is 3. The molecule has 8 heteroatoms. The van der Waals surface area contributed by atoms with Crippen molar-refractivity contribution in [1.82, 2.24) is 15.0 Å². The monoisotopic (exact) mass is 265 g/mol. The van der Waals surface area contributed by atoms with E-state index in [1.165, 1.54) is 0 Å². The lowest BCUT2D eigenvalue weighted by molar-refractivity contribution is -0.136. The molecular weight excluding hydrogens is 259 g/mol. The number of rotatable bonds is 2. The molecule has 0 fully saturated rings. The number of fused-ring (bicyclic) bond motifs is 1. The van der Waals surface area contributed by atoms with Crippen LogP contribution < -0.4 is 4.74 Å². The molecular formula is C9H7ClF3N3O. The van der Waals surface area contributed by atoms with E-state index in [-0.39, 0.29) is 28.8 Å². The summed E-state index contributed by atoms with van der Waals surface area (Å²) in [5.41, 5.74) is -0.867. The Morgan fingerprint density at radius 1 is 1.41 bits per heavy atom. The van der Waals surface area contributed by atoms with Gasteiger partial charge in [0, 0.05) is 6.20 Å². The van der Waals surface area contributed by atoms with Gasteiger partial charge in [-0.3, -0.25) is 0 Å². The molecule has 0 radical (unpaired) electrons. The van der Waals surface area contributed by atoms with E-state index in [2.05, 4.69) is 15.0 Å². The van der Waals surface area contributed by atoms with Crippen molar-refractivity contribution in [1.29, 1.82) is 0 Å². The topological polar surface area (TPSA) is 50.8 Å². The SMILES string of the molecule is CCOc1nc(Cl)nc2[nH]cc(C(F)(F)F)c12. The Bertz CT molecular complexity index is 552. The van der Waals surface area contributed by atoms with Gasteiger partial charge in [0.05, 0.1) is 17.6 Å². The van der Waals surface area contributed by atoms with E-state index < -0.39 is 11.7 Å². The lowest BCUT2D eigenvalue weighted by atomic mass is 10.2. The third kappa shape index (κ3) is 2.14. The fourth-order valence-corrected chi connectivity index (χ4v) is 1.60. The van der Waals surface area contributed by atoms with Crippen LogP contribution in [-0.4, -0.2) is 21.6 Å². The third-order valence-electron chi connectivity index (χ3n) is 2.06. The summed E-state index contributed by atoms with van der Waals surface area (Å²) >= 11 is 5.58. The number of H-pyrrole nitrogens is 1. The van der Waals surface area contributed by atoms with Gasteiger partial charge in [0.1, 0.15) is 5.65 Å². The van der Waals surface area contributed by atoms with Gasteiger partial charge in [0.15, 0.2) is 0 Å². The van der Waals surface area contributed by atoms with Crippen LogP contribution in [0.4, 0.5) is 13.2 Å². The molecule has 4 nitrogen and oxygen atoms in total. The molecule has 0 spiro atoms. The van der Waals surface area contributed by atoms with Gasteiger partial charge in [0.25, 0.3) is 0 Å². The summed E-state index contributed by atoms with van der Waals surface area (Å²) in [4.78, 5) is 9.72. The van der Waals surface area contributed by atoms with Crippen LogP contribution in [0.2, 0.25) is 5.28 Å². The summed E-state index contributed by atoms with van der Waals surface area (Å²) in [6, 6.07) is 0. The summed E-state index contributed by atoms with van der Waals surface area (Å²) < 4.78 is 43.2. The zero-order valence-corrected chi connectivity index (χ0v) is 9.35. The number of ether oxygens (including phenoxy) is 1. The van der Waals surface area contributed by atoms with Crippen LogP contribution in [0, 0.1) is 0 Å². The van der Waals surface area contributed by atoms with E-state index in [0.29, 0.717) is 0 Å². The second-order valence-electron chi connectivity index (χ2n) is 3.15. The van der Waals surface area contributed by atoms with E-state index in [1.54, 1.807) is 6.92 Å². The normalized spacial score (nSPS) is 12.1. The number of halogens is 4. The largest absolute Gasteiger partial charge is 0.477 e. The summed E-state index contributed by atoms with van der Waals surface area (Å²) in [5.74, 6) is -0.170. The number of hydrogen-bond donors (Lipinski definition) is 1. The molecule has 0 aliphatic rings. The quantitative estimate of drug-likeness (QED) is 0.849. The van der Waals surface area contributed by atoms with Crippen molar-refractivity contribution in [2.24, 2.45) is 0 Å². The third-order valence-corrected chi connectivity index (χ3v) is 2.23. The molecule has 17 heavy (non-hydrogen) atoms. The van der Waals surface area contributed by atoms with E-state index in [9.17, 15) is 13.2 Å². The summed E-state index contributed by atoms with van der Waals surface area (Å²) in [7, 11) is 0. The van der Waals surface area contributed by atoms with Gasteiger partial charge in [-0.25, -0.2) is 0 Å². The second-order valence-corrected chi connectivity index (χ2v) is 3.49. The van der Waals surface area contributed by atoms with Crippen LogP contribution in [-0.2, 0) is 6.18 Å². The molecule has 0 aromatic carbocycles. The van der Waals surface area contributed by atoms with Crippen molar-refractivity contribution in [2.75, 3.05) is 6.61 Å². The molecule has 0 amide bonds. The first-order chi connectivity index (χ1) is 7.93. The molecule has 2 aromatic heterocycles. The number of aromatic amines is 1. The zero-order chi connectivity index (χ0) is 12.6. The Balaban J connectivity index is 2.73. The Morgan fingerprint density at radius 2 is 2.12 bits per heavy atom. The van der Waals surface area contributed by atoms with Crippen LogP contribution >= 0.6 is 11.6 Å². The Labute approximate surface area is 98.8 Å². The average molecular weight is 266 g/mol. The van der Waals surface area contributed by atoms with Gasteiger partial charge in [-0.1, -0.05) is 0 Å². The van der Waals surface area contributed by atoms with Crippen molar-refractivity contribution in [3.05, 3.63) is 17.0 Å². The molecule has 2 aromatic rings. The summed E-state index contributed by atoms with van der Waals surface area (Å²) in [6.45, 7) is 1.83. The predicted octanol–water partition coefficient (Wildman–Crippen LogP) is 3.03. The number of hydrogen-bond acceptors (Lipinski definition) is 3. The van der Waals surface area contributed by atoms with Crippen molar-refractivity contribution in [3.8, 4) is 5.88 Å². The lowest BCUT2D eigenvalue weighted by Gasteiger charge is -2.07. The Morgan fingerprint density at radius 3 is 2.71 bits per heavy atom. The fourth-order valence-electron chi connectivity index (χ4n) is 1.44. The van der Waals surface area contributed by atoms with Crippen LogP contribution in [0.1, 0.15) is 12.5 Å². The minimum absolute atomic E-state index is 0.000718. The molecule has 1 N–H and O–H groups in total. The molecule has 0 saturated heterocycles. The maximum atomic E-state index is 12.7. The number of nitrogens with zero attached hydrogens (tertiary/aromatic N) is 2. The van der Waals surface area contributed by atoms with Crippen LogP contribution in [0.5, 0.6) is 5.88 Å². The predicted molar refractivity (Wildman–Crippen MR) is 55.1 cm³/mol. The number of aromatic nitrogens is 3. The van der Waals surface area contributed by atoms with Gasteiger partial charge in [-0.05, 0) is 18.5 Å². The Hall–Kier alpha value is -1.50. The summed E-state index contributed by atoms with van der Waals surface area (Å²) in [6.07, 6.45) is -3.68. The molecule has 2 rings (SSSR count). The van der Waals surface area contributed by atoms with Crippen LogP contribution in [0.15, 0.2) is 6.20 Å². The molecule has 0 atom stereocenters. The van der Waals surface area contributed by atoms with Gasteiger partial charge >= 0.3 is 6.18 Å². The molecule has 0 aliphatic carbocycles.